The molecule has 1 N–H and O–H groups in total. The van der Waals surface area contributed by atoms with Crippen LogP contribution >= 0.6 is 0 Å². The number of nitrogens with zero attached hydrogens (tertiary/aromatic N) is 1. The molecule has 9 heteroatoms. The number of Topliss-reactive ketones (excluding diaryl/α,β-unsaturated/α-hetero) is 1. The molecule has 3 aromatic carbocycles. The second-order valence-corrected chi connectivity index (χ2v) is 12.7. The highest BCUT2D eigenvalue weighted by Crippen LogP contribution is 2.57. The fourth-order valence-corrected chi connectivity index (χ4v) is 7.80. The molecule has 4 unspecified atom stereocenters. The minimum absolute atomic E-state index is 0.132. The highest BCUT2D eigenvalue weighted by molar-refractivity contribution is 6.25. The number of allylic oxidation sites excluding steroid dienone is 6. The van der Waals surface area contributed by atoms with Crippen LogP contribution in [0.2, 0.25) is 0 Å². The summed E-state index contributed by atoms with van der Waals surface area (Å²) in [5.74, 6) is -2.32. The van der Waals surface area contributed by atoms with E-state index in [1.54, 1.807) is 51.5 Å². The third-order valence-corrected chi connectivity index (χ3v) is 10.2. The third kappa shape index (κ3) is 5.17. The number of imide groups is 1. The number of benzene rings is 3. The number of phenols is 1. The Hall–Kier alpha value is -5.70. The normalized spacial score (nSPS) is 23.2. The van der Waals surface area contributed by atoms with E-state index in [1.807, 2.05) is 48.6 Å². The van der Waals surface area contributed by atoms with Gasteiger partial charge >= 0.3 is 0 Å². The van der Waals surface area contributed by atoms with Crippen LogP contribution in [-0.2, 0) is 19.2 Å². The van der Waals surface area contributed by atoms with Crippen molar-refractivity contribution >= 4 is 41.2 Å². The van der Waals surface area contributed by atoms with Gasteiger partial charge in [-0.1, -0.05) is 48.1 Å². The molecule has 0 radical (unpaired) electrons. The molecule has 0 spiro atoms. The molecule has 248 valence electrons. The summed E-state index contributed by atoms with van der Waals surface area (Å²) in [6.45, 7) is 1.61. The largest absolute Gasteiger partial charge is 0.504 e. The first-order valence-electron chi connectivity index (χ1n) is 16.1. The van der Waals surface area contributed by atoms with Crippen molar-refractivity contribution in [1.82, 2.24) is 0 Å². The number of para-hydroxylation sites is 1. The number of rotatable bonds is 7. The maximum atomic E-state index is 14.3. The highest BCUT2D eigenvalue weighted by atomic mass is 16.5. The Morgan fingerprint density at radius 2 is 1.59 bits per heavy atom. The fourth-order valence-electron chi connectivity index (χ4n) is 7.80. The summed E-state index contributed by atoms with van der Waals surface area (Å²) >= 11 is 0. The number of aromatic hydroxyl groups is 1. The van der Waals surface area contributed by atoms with E-state index >= 15 is 0 Å². The molecule has 1 aliphatic heterocycles. The van der Waals surface area contributed by atoms with Crippen LogP contribution in [0.3, 0.4) is 0 Å². The standard InChI is InChI=1S/C40H35NO8/c1-21-18-31(42)30-20-29-26(34(36(30)37(21)43)27-6-5-7-33(49-4)38(27)44)15-16-28-35(29)40(46)41(39(28)45)24-12-9-22(10-13-24)8-11-23-19-25(47-2)14-17-32(23)48-3/h5-15,17-19,28-29,34-35,44H,16,20H2,1-4H3. The van der Waals surface area contributed by atoms with Gasteiger partial charge in [0, 0.05) is 33.8 Å². The van der Waals surface area contributed by atoms with Gasteiger partial charge in [0.15, 0.2) is 23.1 Å². The number of ketones is 2. The van der Waals surface area contributed by atoms with Crippen LogP contribution in [0, 0.1) is 17.8 Å². The number of methoxy groups -OCH3 is 3. The van der Waals surface area contributed by atoms with E-state index in [0.717, 1.165) is 16.7 Å². The minimum Gasteiger partial charge on any atom is -0.504 e. The lowest BCUT2D eigenvalue weighted by molar-refractivity contribution is -0.123. The van der Waals surface area contributed by atoms with Crippen LogP contribution in [0.25, 0.3) is 12.2 Å². The Morgan fingerprint density at radius 1 is 0.837 bits per heavy atom. The number of hydrogen-bond donors (Lipinski definition) is 1. The number of carbonyl (C=O) groups excluding carboxylic acids is 4. The van der Waals surface area contributed by atoms with Gasteiger partial charge < -0.3 is 19.3 Å². The van der Waals surface area contributed by atoms with Crippen molar-refractivity contribution in [3.8, 4) is 23.0 Å². The summed E-state index contributed by atoms with van der Waals surface area (Å²) in [6, 6.07) is 17.7. The predicted molar refractivity (Wildman–Crippen MR) is 183 cm³/mol. The number of anilines is 1. The van der Waals surface area contributed by atoms with Crippen molar-refractivity contribution in [1.29, 1.82) is 0 Å². The summed E-state index contributed by atoms with van der Waals surface area (Å²) in [6.07, 6.45) is 7.53. The topological polar surface area (TPSA) is 119 Å². The van der Waals surface area contributed by atoms with Gasteiger partial charge in [-0.3, -0.25) is 24.1 Å². The molecule has 7 rings (SSSR count). The summed E-state index contributed by atoms with van der Waals surface area (Å²) in [5.41, 5.74) is 4.29. The lowest BCUT2D eigenvalue weighted by atomic mass is 9.59. The Kier molecular flexibility index (Phi) is 8.06. The van der Waals surface area contributed by atoms with Crippen molar-refractivity contribution in [3.63, 3.8) is 0 Å². The molecule has 3 aliphatic carbocycles. The van der Waals surface area contributed by atoms with Gasteiger partial charge in [-0.2, -0.15) is 0 Å². The molecule has 3 aromatic rings. The van der Waals surface area contributed by atoms with Crippen molar-refractivity contribution in [2.45, 2.75) is 25.7 Å². The first kappa shape index (κ1) is 31.9. The zero-order valence-corrected chi connectivity index (χ0v) is 27.6. The van der Waals surface area contributed by atoms with Crippen LogP contribution in [0.5, 0.6) is 23.0 Å². The second-order valence-electron chi connectivity index (χ2n) is 12.7. The van der Waals surface area contributed by atoms with E-state index in [4.69, 9.17) is 14.2 Å². The van der Waals surface area contributed by atoms with Crippen molar-refractivity contribution in [2.24, 2.45) is 17.8 Å². The number of ether oxygens (including phenoxy) is 3. The lowest BCUT2D eigenvalue weighted by Crippen LogP contribution is -2.39. The lowest BCUT2D eigenvalue weighted by Gasteiger charge is -2.42. The van der Waals surface area contributed by atoms with Gasteiger partial charge in [0.25, 0.3) is 0 Å². The smallest absolute Gasteiger partial charge is 0.238 e. The molecule has 1 heterocycles. The van der Waals surface area contributed by atoms with E-state index in [-0.39, 0.29) is 41.3 Å². The first-order chi connectivity index (χ1) is 23.7. The maximum Gasteiger partial charge on any atom is 0.238 e. The number of carbonyl (C=O) groups is 4. The van der Waals surface area contributed by atoms with Gasteiger partial charge in [0.1, 0.15) is 11.5 Å². The summed E-state index contributed by atoms with van der Waals surface area (Å²) < 4.78 is 16.2. The van der Waals surface area contributed by atoms with Crippen LogP contribution in [0.4, 0.5) is 5.69 Å². The number of phenolic OH excluding ortho intramolecular Hbond substituents is 1. The molecular formula is C40H35NO8. The van der Waals surface area contributed by atoms with Gasteiger partial charge in [0.2, 0.25) is 11.8 Å². The van der Waals surface area contributed by atoms with Crippen molar-refractivity contribution in [3.05, 3.63) is 112 Å². The average molecular weight is 658 g/mol. The van der Waals surface area contributed by atoms with Gasteiger partial charge in [0.05, 0.1) is 38.9 Å². The SMILES string of the molecule is COc1ccc(OC)c(C=Cc2ccc(N3C(=O)C4CC=C5C(c6cccc(OC)c6O)C6=C(CC5C4C3=O)C(=O)C=C(C)C6=O)cc2)c1. The summed E-state index contributed by atoms with van der Waals surface area (Å²) in [4.78, 5) is 56.6. The highest BCUT2D eigenvalue weighted by Gasteiger charge is 2.56. The Morgan fingerprint density at radius 3 is 2.31 bits per heavy atom. The maximum absolute atomic E-state index is 14.3. The Labute approximate surface area is 283 Å². The van der Waals surface area contributed by atoms with Crippen LogP contribution in [-0.4, -0.2) is 49.8 Å². The molecular weight excluding hydrogens is 622 g/mol. The number of fused-ring (bicyclic) bond motifs is 3. The Bertz CT molecular complexity index is 2050. The number of hydrogen-bond acceptors (Lipinski definition) is 8. The number of amides is 2. The molecule has 0 aromatic heterocycles. The van der Waals surface area contributed by atoms with E-state index in [1.165, 1.54) is 18.1 Å². The van der Waals surface area contributed by atoms with Crippen molar-refractivity contribution in [2.75, 3.05) is 26.2 Å². The van der Waals surface area contributed by atoms with Gasteiger partial charge in [-0.15, -0.1) is 0 Å². The minimum atomic E-state index is -0.767. The van der Waals surface area contributed by atoms with Gasteiger partial charge in [-0.25, -0.2) is 0 Å². The van der Waals surface area contributed by atoms with Gasteiger partial charge in [-0.05, 0) is 73.7 Å². The monoisotopic (exact) mass is 657 g/mol. The molecule has 0 saturated carbocycles. The zero-order chi connectivity index (χ0) is 34.6. The van der Waals surface area contributed by atoms with E-state index in [9.17, 15) is 24.3 Å². The molecule has 2 amide bonds. The van der Waals surface area contributed by atoms with Crippen LogP contribution in [0.15, 0.2) is 95.1 Å². The molecule has 4 atom stereocenters. The summed E-state index contributed by atoms with van der Waals surface area (Å²) in [5, 5.41) is 11.3. The molecule has 1 saturated heterocycles. The third-order valence-electron chi connectivity index (χ3n) is 10.2. The summed E-state index contributed by atoms with van der Waals surface area (Å²) in [7, 11) is 4.64. The molecule has 49 heavy (non-hydrogen) atoms. The van der Waals surface area contributed by atoms with E-state index in [2.05, 4.69) is 0 Å². The average Bonchev–Trinajstić information content (AvgIpc) is 3.38. The van der Waals surface area contributed by atoms with Crippen LogP contribution in [0.1, 0.15) is 42.4 Å². The second kappa shape index (κ2) is 12.4. The molecule has 1 fully saturated rings. The van der Waals surface area contributed by atoms with Crippen molar-refractivity contribution < 1.29 is 38.5 Å². The van der Waals surface area contributed by atoms with E-state index in [0.29, 0.717) is 45.9 Å². The zero-order valence-electron chi connectivity index (χ0n) is 27.6. The first-order valence-corrected chi connectivity index (χ1v) is 16.1. The fraction of sp³-hybridized carbons (Fsp3) is 0.250. The Balaban J connectivity index is 1.22. The predicted octanol–water partition coefficient (Wildman–Crippen LogP) is 6.22. The molecule has 4 aliphatic rings. The van der Waals surface area contributed by atoms with E-state index < -0.39 is 23.7 Å². The quantitative estimate of drug-likeness (QED) is 0.138. The van der Waals surface area contributed by atoms with Crippen LogP contribution < -0.4 is 19.1 Å². The molecule has 9 nitrogen and oxygen atoms in total. The molecule has 0 bridgehead atoms.